The molecule has 0 saturated heterocycles. The molecule has 0 bridgehead atoms. The van der Waals surface area contributed by atoms with Crippen molar-refractivity contribution in [3.63, 3.8) is 0 Å². The average molecular weight is 547 g/mol. The minimum absolute atomic E-state index is 0.674. The first-order valence-corrected chi connectivity index (χ1v) is 19.2. The maximum atomic E-state index is 11.3. The summed E-state index contributed by atoms with van der Waals surface area (Å²) >= 11 is 0. The van der Waals surface area contributed by atoms with Crippen LogP contribution >= 0.6 is 7.94 Å². The first kappa shape index (κ1) is 37.3. The van der Waals surface area contributed by atoms with Crippen LogP contribution in [0.4, 0.5) is 0 Å². The minimum atomic E-state index is -3.02. The molecular weight excluding hydrogens is 475 g/mol. The van der Waals surface area contributed by atoms with Crippen molar-refractivity contribution >= 4 is 7.94 Å². The summed E-state index contributed by atoms with van der Waals surface area (Å²) in [6, 6.07) is 0. The summed E-state index contributed by atoms with van der Waals surface area (Å²) in [6.45, 7) is 8.18. The van der Waals surface area contributed by atoms with Crippen LogP contribution in [0.3, 0.4) is 0 Å². The van der Waals surface area contributed by atoms with Gasteiger partial charge in [-0.2, -0.15) is 0 Å². The summed E-state index contributed by atoms with van der Waals surface area (Å²) in [6.07, 6.45) is 36.0. The molecule has 0 rings (SSSR count). The monoisotopic (exact) mass is 547 g/mol. The van der Waals surface area contributed by atoms with Crippen LogP contribution in [-0.2, 0) is 9.05 Å². The molecule has 0 aromatic heterocycles. The van der Waals surface area contributed by atoms with E-state index in [1.54, 1.807) is 0 Å². The van der Waals surface area contributed by atoms with Crippen molar-refractivity contribution in [3.05, 3.63) is 0 Å². The second-order valence-corrected chi connectivity index (χ2v) is 14.1. The molecule has 0 aliphatic heterocycles. The molecule has 0 spiro atoms. The molecule has 4 heteroatoms. The van der Waals surface area contributed by atoms with Gasteiger partial charge < -0.3 is 0 Å². The molecule has 0 unspecified atom stereocenters. The van der Waals surface area contributed by atoms with E-state index in [-0.39, 0.29) is 0 Å². The molecule has 0 aliphatic carbocycles. The zero-order valence-electron chi connectivity index (χ0n) is 26.0. The molecule has 0 atom stereocenters. The molecule has 37 heavy (non-hydrogen) atoms. The Morgan fingerprint density at radius 1 is 0.351 bits per heavy atom. The second kappa shape index (κ2) is 30.8. The predicted octanol–water partition coefficient (Wildman–Crippen LogP) is 12.1. The van der Waals surface area contributed by atoms with E-state index in [1.165, 1.54) is 154 Å². The van der Waals surface area contributed by atoms with Crippen molar-refractivity contribution in [2.75, 3.05) is 19.4 Å². The van der Waals surface area contributed by atoms with Crippen LogP contribution in [0, 0.1) is 0 Å². The van der Waals surface area contributed by atoms with Gasteiger partial charge in [-0.3, -0.25) is 0 Å². The van der Waals surface area contributed by atoms with Gasteiger partial charge in [-0.1, -0.05) is 0 Å². The summed E-state index contributed by atoms with van der Waals surface area (Å²) in [5.74, 6) is 0. The SMILES string of the molecule is CCCCCCCCCCCO[PH](O)(CCCCCCCCCCC)OCCCCCCCCCCC. The van der Waals surface area contributed by atoms with Crippen LogP contribution in [0.5, 0.6) is 0 Å². The predicted molar refractivity (Wildman–Crippen MR) is 169 cm³/mol. The first-order chi connectivity index (χ1) is 18.2. The fourth-order valence-corrected chi connectivity index (χ4v) is 7.13. The molecule has 0 saturated carbocycles. The Kier molecular flexibility index (Phi) is 31.1. The van der Waals surface area contributed by atoms with Crippen LogP contribution in [0.2, 0.25) is 0 Å². The normalized spacial score (nSPS) is 12.4. The fourth-order valence-electron chi connectivity index (χ4n) is 5.13. The van der Waals surface area contributed by atoms with Crippen molar-refractivity contribution in [1.82, 2.24) is 0 Å². The quantitative estimate of drug-likeness (QED) is 0.0673. The molecule has 0 radical (unpaired) electrons. The number of unbranched alkanes of at least 4 members (excludes halogenated alkanes) is 24. The first-order valence-electron chi connectivity index (χ1n) is 17.2. The van der Waals surface area contributed by atoms with Crippen LogP contribution in [-0.4, -0.2) is 24.3 Å². The molecule has 226 valence electrons. The van der Waals surface area contributed by atoms with Crippen LogP contribution in [0.15, 0.2) is 0 Å². The summed E-state index contributed by atoms with van der Waals surface area (Å²) in [4.78, 5) is 11.3. The zero-order valence-corrected chi connectivity index (χ0v) is 27.0. The van der Waals surface area contributed by atoms with Gasteiger partial charge in [0.1, 0.15) is 0 Å². The molecule has 1 N–H and O–H groups in total. The fraction of sp³-hybridized carbons (Fsp3) is 1.00. The van der Waals surface area contributed by atoms with Crippen molar-refractivity contribution in [2.24, 2.45) is 0 Å². The third kappa shape index (κ3) is 29.1. The zero-order chi connectivity index (χ0) is 27.1. The third-order valence-electron chi connectivity index (χ3n) is 7.75. The van der Waals surface area contributed by atoms with E-state index in [1.807, 2.05) is 0 Å². The Balaban J connectivity index is 4.05. The average Bonchev–Trinajstić information content (AvgIpc) is 2.90. The Bertz CT molecular complexity index is 394. The van der Waals surface area contributed by atoms with E-state index >= 15 is 0 Å². The van der Waals surface area contributed by atoms with Crippen molar-refractivity contribution in [1.29, 1.82) is 0 Å². The molecular formula is C33H71O3P. The molecule has 0 fully saturated rings. The van der Waals surface area contributed by atoms with Gasteiger partial charge in [-0.05, 0) is 0 Å². The van der Waals surface area contributed by atoms with E-state index in [4.69, 9.17) is 9.05 Å². The van der Waals surface area contributed by atoms with Gasteiger partial charge in [0.15, 0.2) is 0 Å². The number of hydrogen-bond acceptors (Lipinski definition) is 3. The van der Waals surface area contributed by atoms with Crippen molar-refractivity contribution < 1.29 is 13.9 Å². The van der Waals surface area contributed by atoms with E-state index in [0.29, 0.717) is 13.2 Å². The second-order valence-electron chi connectivity index (χ2n) is 11.6. The van der Waals surface area contributed by atoms with Crippen molar-refractivity contribution in [2.45, 2.75) is 194 Å². The van der Waals surface area contributed by atoms with Gasteiger partial charge >= 0.3 is 235 Å². The van der Waals surface area contributed by atoms with Gasteiger partial charge in [0.2, 0.25) is 0 Å². The van der Waals surface area contributed by atoms with Gasteiger partial charge in [0, 0.05) is 0 Å². The van der Waals surface area contributed by atoms with Crippen LogP contribution in [0.25, 0.3) is 0 Å². The Morgan fingerprint density at radius 3 is 0.892 bits per heavy atom. The Hall–Kier alpha value is 0.310. The Labute approximate surface area is 235 Å². The maximum absolute atomic E-state index is 11.3. The van der Waals surface area contributed by atoms with Crippen LogP contribution in [0.1, 0.15) is 194 Å². The number of hydrogen-bond donors (Lipinski definition) is 1. The third-order valence-corrected chi connectivity index (χ3v) is 10.0. The molecule has 0 aromatic rings. The molecule has 0 heterocycles. The molecule has 0 aliphatic rings. The summed E-state index contributed by atoms with van der Waals surface area (Å²) < 4.78 is 12.2. The molecule has 0 aromatic carbocycles. The van der Waals surface area contributed by atoms with Gasteiger partial charge in [0.25, 0.3) is 0 Å². The summed E-state index contributed by atoms with van der Waals surface area (Å²) in [5.41, 5.74) is 0. The van der Waals surface area contributed by atoms with E-state index in [2.05, 4.69) is 20.8 Å². The molecule has 0 amide bonds. The van der Waals surface area contributed by atoms with E-state index in [9.17, 15) is 4.89 Å². The van der Waals surface area contributed by atoms with Crippen LogP contribution < -0.4 is 0 Å². The van der Waals surface area contributed by atoms with Gasteiger partial charge in [-0.15, -0.1) is 0 Å². The van der Waals surface area contributed by atoms with E-state index in [0.717, 1.165) is 25.4 Å². The van der Waals surface area contributed by atoms with Gasteiger partial charge in [-0.25, -0.2) is 0 Å². The van der Waals surface area contributed by atoms with Gasteiger partial charge in [0.05, 0.1) is 0 Å². The van der Waals surface area contributed by atoms with Crippen molar-refractivity contribution in [3.8, 4) is 0 Å². The topological polar surface area (TPSA) is 38.7 Å². The van der Waals surface area contributed by atoms with E-state index < -0.39 is 7.94 Å². The summed E-state index contributed by atoms with van der Waals surface area (Å²) in [7, 11) is -3.02. The Morgan fingerprint density at radius 2 is 0.595 bits per heavy atom. The standard InChI is InChI=1S/C33H71O3P/c1-4-7-10-13-16-19-22-25-28-31-35-37(34,33-30-27-24-21-18-15-12-9-6-3)36-32-29-26-23-20-17-14-11-8-5-2/h34,37H,4-33H2,1-3H3. The molecule has 3 nitrogen and oxygen atoms in total. The summed E-state index contributed by atoms with van der Waals surface area (Å²) in [5, 5.41) is 0. The number of rotatable bonds is 32.